The summed E-state index contributed by atoms with van der Waals surface area (Å²) in [5.41, 5.74) is 0.0596. The van der Waals surface area contributed by atoms with E-state index in [-0.39, 0.29) is 22.6 Å². The maximum Gasteiger partial charge on any atom is 0.338 e. The van der Waals surface area contributed by atoms with Gasteiger partial charge in [-0.3, -0.25) is 0 Å². The van der Waals surface area contributed by atoms with Gasteiger partial charge in [0.25, 0.3) is 0 Å². The third kappa shape index (κ3) is 2.08. The molecule has 0 N–H and O–H groups in total. The monoisotopic (exact) mass is 227 g/mol. The van der Waals surface area contributed by atoms with Crippen LogP contribution < -0.4 is 0 Å². The molecule has 0 unspecified atom stereocenters. The van der Waals surface area contributed by atoms with Crippen molar-refractivity contribution in [2.75, 3.05) is 7.11 Å². The smallest absolute Gasteiger partial charge is 0.338 e. The summed E-state index contributed by atoms with van der Waals surface area (Å²) >= 11 is 5.56. The van der Waals surface area contributed by atoms with E-state index in [1.54, 1.807) is 6.07 Å². The quantitative estimate of drug-likeness (QED) is 0.575. The van der Waals surface area contributed by atoms with E-state index < -0.39 is 11.8 Å². The first-order valence-corrected chi connectivity index (χ1v) is 4.55. The number of nitriles is 1. The maximum absolute atomic E-state index is 13.2. The highest BCUT2D eigenvalue weighted by Gasteiger charge is 2.17. The maximum atomic E-state index is 13.2. The molecule has 0 aliphatic heterocycles. The van der Waals surface area contributed by atoms with E-state index in [4.69, 9.17) is 16.9 Å². The standard InChI is InChI=1S/C10H7ClFNO2/c1-15-10(14)6-2-3-9(12)8(5-13)7(6)4-11/h2-3H,4H2,1H3. The van der Waals surface area contributed by atoms with Gasteiger partial charge in [-0.1, -0.05) is 0 Å². The lowest BCUT2D eigenvalue weighted by atomic mass is 10.0. The van der Waals surface area contributed by atoms with Gasteiger partial charge in [0.05, 0.1) is 18.2 Å². The molecule has 3 nitrogen and oxygen atoms in total. The van der Waals surface area contributed by atoms with Gasteiger partial charge in [-0.15, -0.1) is 11.6 Å². The fraction of sp³-hybridized carbons (Fsp3) is 0.200. The largest absolute Gasteiger partial charge is 0.465 e. The molecule has 0 aliphatic rings. The summed E-state index contributed by atoms with van der Waals surface area (Å²) in [6.07, 6.45) is 0. The number of benzene rings is 1. The van der Waals surface area contributed by atoms with Crippen molar-refractivity contribution in [3.63, 3.8) is 0 Å². The minimum atomic E-state index is -0.694. The van der Waals surface area contributed by atoms with E-state index in [0.29, 0.717) is 0 Å². The first kappa shape index (κ1) is 11.5. The molecule has 0 atom stereocenters. The Morgan fingerprint density at radius 1 is 1.67 bits per heavy atom. The van der Waals surface area contributed by atoms with Gasteiger partial charge in [0.2, 0.25) is 0 Å². The fourth-order valence-electron chi connectivity index (χ4n) is 1.18. The molecule has 1 rings (SSSR count). The second-order valence-electron chi connectivity index (χ2n) is 2.69. The molecule has 0 saturated carbocycles. The first-order chi connectivity index (χ1) is 7.15. The van der Waals surface area contributed by atoms with Crippen LogP contribution in [0.2, 0.25) is 0 Å². The number of esters is 1. The number of carbonyl (C=O) groups excluding carboxylic acids is 1. The summed E-state index contributed by atoms with van der Waals surface area (Å²) in [7, 11) is 1.20. The molecular formula is C10H7ClFNO2. The zero-order chi connectivity index (χ0) is 11.4. The number of ether oxygens (including phenoxy) is 1. The minimum Gasteiger partial charge on any atom is -0.465 e. The number of methoxy groups -OCH3 is 1. The molecule has 1 aromatic carbocycles. The highest BCUT2D eigenvalue weighted by molar-refractivity contribution is 6.17. The average Bonchev–Trinajstić information content (AvgIpc) is 2.27. The lowest BCUT2D eigenvalue weighted by molar-refractivity contribution is 0.0599. The van der Waals surface area contributed by atoms with Crippen molar-refractivity contribution in [2.45, 2.75) is 5.88 Å². The van der Waals surface area contributed by atoms with Gasteiger partial charge in [0.15, 0.2) is 0 Å². The van der Waals surface area contributed by atoms with Crippen molar-refractivity contribution in [3.8, 4) is 6.07 Å². The van der Waals surface area contributed by atoms with Crippen molar-refractivity contribution < 1.29 is 13.9 Å². The lowest BCUT2D eigenvalue weighted by Crippen LogP contribution is -2.07. The third-order valence-corrected chi connectivity index (χ3v) is 2.18. The van der Waals surface area contributed by atoms with Crippen molar-refractivity contribution in [1.82, 2.24) is 0 Å². The number of carbonyl (C=O) groups is 1. The highest BCUT2D eigenvalue weighted by atomic mass is 35.5. The Morgan fingerprint density at radius 3 is 2.80 bits per heavy atom. The number of alkyl halides is 1. The van der Waals surface area contributed by atoms with Crippen molar-refractivity contribution in [3.05, 3.63) is 34.6 Å². The normalized spacial score (nSPS) is 9.47. The number of hydrogen-bond acceptors (Lipinski definition) is 3. The second kappa shape index (κ2) is 4.76. The molecule has 0 fully saturated rings. The Morgan fingerprint density at radius 2 is 2.33 bits per heavy atom. The summed E-state index contributed by atoms with van der Waals surface area (Å²) in [5, 5.41) is 8.71. The molecule has 0 spiro atoms. The van der Waals surface area contributed by atoms with E-state index >= 15 is 0 Å². The SMILES string of the molecule is COC(=O)c1ccc(F)c(C#N)c1CCl. The summed E-state index contributed by atoms with van der Waals surface area (Å²) in [6, 6.07) is 3.96. The molecule has 0 radical (unpaired) electrons. The Hall–Kier alpha value is -1.60. The number of nitrogens with zero attached hydrogens (tertiary/aromatic N) is 1. The molecule has 0 heterocycles. The van der Waals surface area contributed by atoms with Crippen molar-refractivity contribution in [2.24, 2.45) is 0 Å². The van der Waals surface area contributed by atoms with E-state index in [1.165, 1.54) is 13.2 Å². The van der Waals surface area contributed by atoms with Crippen molar-refractivity contribution in [1.29, 1.82) is 5.26 Å². The molecule has 15 heavy (non-hydrogen) atoms. The minimum absolute atomic E-state index is 0.116. The van der Waals surface area contributed by atoms with Gasteiger partial charge in [0, 0.05) is 11.4 Å². The van der Waals surface area contributed by atoms with Crippen LogP contribution in [0.5, 0.6) is 0 Å². The van der Waals surface area contributed by atoms with Crippen LogP contribution in [-0.4, -0.2) is 13.1 Å². The van der Waals surface area contributed by atoms with Crippen LogP contribution in [0.1, 0.15) is 21.5 Å². The molecular weight excluding hydrogens is 221 g/mol. The third-order valence-electron chi connectivity index (χ3n) is 1.91. The van der Waals surface area contributed by atoms with E-state index in [1.807, 2.05) is 0 Å². The summed E-state index contributed by atoms with van der Waals surface area (Å²) < 4.78 is 17.6. The van der Waals surface area contributed by atoms with Gasteiger partial charge < -0.3 is 4.74 Å². The van der Waals surface area contributed by atoms with Crippen LogP contribution in [0.25, 0.3) is 0 Å². The Labute approximate surface area is 91.0 Å². The fourth-order valence-corrected chi connectivity index (χ4v) is 1.46. The number of hydrogen-bond donors (Lipinski definition) is 0. The molecule has 0 aromatic heterocycles. The molecule has 0 saturated heterocycles. The Bertz CT molecular complexity index is 440. The van der Waals surface area contributed by atoms with Gasteiger partial charge in [-0.2, -0.15) is 5.26 Å². The topological polar surface area (TPSA) is 50.1 Å². The molecule has 0 amide bonds. The molecule has 78 valence electrons. The number of halogens is 2. The highest BCUT2D eigenvalue weighted by Crippen LogP contribution is 2.20. The van der Waals surface area contributed by atoms with Gasteiger partial charge in [0.1, 0.15) is 11.9 Å². The van der Waals surface area contributed by atoms with Crippen LogP contribution in [0.3, 0.4) is 0 Å². The molecule has 0 bridgehead atoms. The van der Waals surface area contributed by atoms with Gasteiger partial charge >= 0.3 is 5.97 Å². The Balaban J connectivity index is 3.43. The van der Waals surface area contributed by atoms with Crippen LogP contribution in [0, 0.1) is 17.1 Å². The summed E-state index contributed by atoms with van der Waals surface area (Å²) in [5.74, 6) is -1.45. The van der Waals surface area contributed by atoms with Crippen LogP contribution >= 0.6 is 11.6 Å². The lowest BCUT2D eigenvalue weighted by Gasteiger charge is -2.07. The summed E-state index contributed by atoms with van der Waals surface area (Å²) in [4.78, 5) is 11.3. The zero-order valence-electron chi connectivity index (χ0n) is 7.88. The zero-order valence-corrected chi connectivity index (χ0v) is 8.64. The van der Waals surface area contributed by atoms with Gasteiger partial charge in [-0.25, -0.2) is 9.18 Å². The summed E-state index contributed by atoms with van der Waals surface area (Å²) in [6.45, 7) is 0. The Kier molecular flexibility index (Phi) is 3.64. The molecule has 5 heteroatoms. The second-order valence-corrected chi connectivity index (χ2v) is 2.95. The molecule has 1 aromatic rings. The predicted octanol–water partition coefficient (Wildman–Crippen LogP) is 2.22. The number of rotatable bonds is 2. The van der Waals surface area contributed by atoms with Crippen molar-refractivity contribution >= 4 is 17.6 Å². The average molecular weight is 228 g/mol. The van der Waals surface area contributed by atoms with E-state index in [0.717, 1.165) is 6.07 Å². The predicted molar refractivity (Wildman–Crippen MR) is 52.0 cm³/mol. The van der Waals surface area contributed by atoms with Crippen LogP contribution in [0.15, 0.2) is 12.1 Å². The van der Waals surface area contributed by atoms with E-state index in [9.17, 15) is 9.18 Å². The van der Waals surface area contributed by atoms with E-state index in [2.05, 4.69) is 4.74 Å². The first-order valence-electron chi connectivity index (χ1n) is 4.01. The molecule has 0 aliphatic carbocycles. The van der Waals surface area contributed by atoms with Crippen LogP contribution in [0.4, 0.5) is 4.39 Å². The van der Waals surface area contributed by atoms with Gasteiger partial charge in [-0.05, 0) is 12.1 Å². The van der Waals surface area contributed by atoms with Crippen LogP contribution in [-0.2, 0) is 10.6 Å².